The quantitative estimate of drug-likeness (QED) is 0.736. The van der Waals surface area contributed by atoms with Gasteiger partial charge in [-0.05, 0) is 38.5 Å². The van der Waals surface area contributed by atoms with Crippen molar-refractivity contribution >= 4 is 0 Å². The SMILES string of the molecule is CC1CN(C2C(C)CCCC2C)CC(C)N1. The molecule has 0 aromatic rings. The van der Waals surface area contributed by atoms with Crippen LogP contribution in [-0.2, 0) is 0 Å². The summed E-state index contributed by atoms with van der Waals surface area (Å²) in [5.74, 6) is 1.78. The van der Waals surface area contributed by atoms with Crippen LogP contribution in [0.15, 0.2) is 0 Å². The van der Waals surface area contributed by atoms with Gasteiger partial charge in [-0.15, -0.1) is 0 Å². The summed E-state index contributed by atoms with van der Waals surface area (Å²) >= 11 is 0. The first-order chi connectivity index (χ1) is 7.58. The number of hydrogen-bond acceptors (Lipinski definition) is 2. The molecule has 16 heavy (non-hydrogen) atoms. The Morgan fingerprint density at radius 1 is 0.875 bits per heavy atom. The molecule has 0 aromatic carbocycles. The highest BCUT2D eigenvalue weighted by Crippen LogP contribution is 2.33. The number of piperazine rings is 1. The molecule has 0 amide bonds. The van der Waals surface area contributed by atoms with Crippen molar-refractivity contribution in [1.82, 2.24) is 10.2 Å². The maximum atomic E-state index is 3.64. The predicted molar refractivity (Wildman–Crippen MR) is 69.6 cm³/mol. The zero-order chi connectivity index (χ0) is 11.7. The summed E-state index contributed by atoms with van der Waals surface area (Å²) in [6, 6.07) is 2.15. The summed E-state index contributed by atoms with van der Waals surface area (Å²) in [6.45, 7) is 12.0. The molecule has 2 fully saturated rings. The molecule has 2 rings (SSSR count). The summed E-state index contributed by atoms with van der Waals surface area (Å²) in [5, 5.41) is 3.64. The van der Waals surface area contributed by atoms with E-state index in [0.29, 0.717) is 12.1 Å². The standard InChI is InChI=1S/C14H28N2/c1-10-6-5-7-11(2)14(10)16-8-12(3)15-13(4)9-16/h10-15H,5-9H2,1-4H3. The second kappa shape index (κ2) is 5.05. The number of rotatable bonds is 1. The summed E-state index contributed by atoms with van der Waals surface area (Å²) in [4.78, 5) is 2.76. The Balaban J connectivity index is 2.03. The summed E-state index contributed by atoms with van der Waals surface area (Å²) in [5.41, 5.74) is 0. The van der Waals surface area contributed by atoms with Gasteiger partial charge in [0.25, 0.3) is 0 Å². The summed E-state index contributed by atoms with van der Waals surface area (Å²) < 4.78 is 0. The number of nitrogens with zero attached hydrogens (tertiary/aromatic N) is 1. The van der Waals surface area contributed by atoms with Gasteiger partial charge in [0.2, 0.25) is 0 Å². The van der Waals surface area contributed by atoms with Gasteiger partial charge in [-0.2, -0.15) is 0 Å². The Bertz CT molecular complexity index is 209. The molecule has 1 aliphatic carbocycles. The molecule has 2 nitrogen and oxygen atoms in total. The topological polar surface area (TPSA) is 15.3 Å². The lowest BCUT2D eigenvalue weighted by Gasteiger charge is -2.47. The van der Waals surface area contributed by atoms with Crippen LogP contribution in [0.2, 0.25) is 0 Å². The fourth-order valence-electron chi connectivity index (χ4n) is 4.00. The van der Waals surface area contributed by atoms with E-state index in [1.807, 2.05) is 0 Å². The molecule has 4 unspecified atom stereocenters. The van der Waals surface area contributed by atoms with Crippen LogP contribution in [0.1, 0.15) is 47.0 Å². The Labute approximate surface area is 101 Å². The maximum Gasteiger partial charge on any atom is 0.0169 e. The molecule has 0 spiro atoms. The van der Waals surface area contributed by atoms with E-state index in [1.54, 1.807) is 0 Å². The first-order valence-corrected chi connectivity index (χ1v) is 7.08. The minimum atomic E-state index is 0.657. The highest BCUT2D eigenvalue weighted by atomic mass is 15.2. The molecule has 2 aliphatic rings. The lowest BCUT2D eigenvalue weighted by atomic mass is 9.77. The minimum Gasteiger partial charge on any atom is -0.309 e. The van der Waals surface area contributed by atoms with Gasteiger partial charge < -0.3 is 5.32 Å². The number of nitrogens with one attached hydrogen (secondary N) is 1. The molecule has 1 aliphatic heterocycles. The van der Waals surface area contributed by atoms with Crippen LogP contribution in [0.5, 0.6) is 0 Å². The van der Waals surface area contributed by atoms with Gasteiger partial charge >= 0.3 is 0 Å². The van der Waals surface area contributed by atoms with Gasteiger partial charge in [0.15, 0.2) is 0 Å². The third-order valence-corrected chi connectivity index (χ3v) is 4.49. The molecule has 94 valence electrons. The van der Waals surface area contributed by atoms with Crippen LogP contribution < -0.4 is 5.32 Å². The molecule has 2 heteroatoms. The van der Waals surface area contributed by atoms with Crippen LogP contribution in [0.3, 0.4) is 0 Å². The van der Waals surface area contributed by atoms with E-state index in [1.165, 1.54) is 32.4 Å². The molecule has 1 heterocycles. The van der Waals surface area contributed by atoms with Crippen molar-refractivity contribution < 1.29 is 0 Å². The van der Waals surface area contributed by atoms with E-state index in [0.717, 1.165) is 17.9 Å². The van der Waals surface area contributed by atoms with E-state index in [-0.39, 0.29) is 0 Å². The first kappa shape index (κ1) is 12.4. The van der Waals surface area contributed by atoms with E-state index in [2.05, 4.69) is 37.9 Å². The number of hydrogen-bond donors (Lipinski definition) is 1. The predicted octanol–water partition coefficient (Wildman–Crippen LogP) is 2.49. The monoisotopic (exact) mass is 224 g/mol. The van der Waals surface area contributed by atoms with E-state index < -0.39 is 0 Å². The zero-order valence-corrected chi connectivity index (χ0v) is 11.4. The fourth-order valence-corrected chi connectivity index (χ4v) is 4.00. The van der Waals surface area contributed by atoms with Gasteiger partial charge in [0.1, 0.15) is 0 Å². The fraction of sp³-hybridized carbons (Fsp3) is 1.00. The molecule has 0 radical (unpaired) electrons. The molecule has 1 saturated carbocycles. The third-order valence-electron chi connectivity index (χ3n) is 4.49. The summed E-state index contributed by atoms with van der Waals surface area (Å²) in [7, 11) is 0. The average molecular weight is 224 g/mol. The van der Waals surface area contributed by atoms with E-state index in [4.69, 9.17) is 0 Å². The van der Waals surface area contributed by atoms with Gasteiger partial charge in [0.05, 0.1) is 0 Å². The van der Waals surface area contributed by atoms with Gasteiger partial charge in [-0.25, -0.2) is 0 Å². The second-order valence-corrected chi connectivity index (χ2v) is 6.30. The van der Waals surface area contributed by atoms with Crippen LogP contribution in [0.4, 0.5) is 0 Å². The van der Waals surface area contributed by atoms with Crippen LogP contribution in [0.25, 0.3) is 0 Å². The Morgan fingerprint density at radius 3 is 1.88 bits per heavy atom. The van der Waals surface area contributed by atoms with Crippen LogP contribution >= 0.6 is 0 Å². The molecule has 4 atom stereocenters. The highest BCUT2D eigenvalue weighted by Gasteiger charge is 2.35. The minimum absolute atomic E-state index is 0.657. The van der Waals surface area contributed by atoms with E-state index in [9.17, 15) is 0 Å². The normalized spacial score (nSPS) is 46.9. The van der Waals surface area contributed by atoms with Crippen molar-refractivity contribution in [3.8, 4) is 0 Å². The molecule has 1 saturated heterocycles. The molecular formula is C14H28N2. The van der Waals surface area contributed by atoms with Gasteiger partial charge in [-0.3, -0.25) is 4.90 Å². The van der Waals surface area contributed by atoms with Crippen LogP contribution in [0, 0.1) is 11.8 Å². The van der Waals surface area contributed by atoms with Crippen molar-refractivity contribution in [3.63, 3.8) is 0 Å². The largest absolute Gasteiger partial charge is 0.309 e. The van der Waals surface area contributed by atoms with Crippen molar-refractivity contribution in [2.24, 2.45) is 11.8 Å². The van der Waals surface area contributed by atoms with Crippen molar-refractivity contribution in [1.29, 1.82) is 0 Å². The third kappa shape index (κ3) is 2.60. The lowest BCUT2D eigenvalue weighted by Crippen LogP contribution is -2.60. The van der Waals surface area contributed by atoms with Gasteiger partial charge in [0, 0.05) is 31.2 Å². The molecular weight excluding hydrogens is 196 g/mol. The van der Waals surface area contributed by atoms with Gasteiger partial charge in [-0.1, -0.05) is 20.3 Å². The maximum absolute atomic E-state index is 3.64. The molecule has 1 N–H and O–H groups in total. The second-order valence-electron chi connectivity index (χ2n) is 6.30. The Kier molecular flexibility index (Phi) is 3.91. The Morgan fingerprint density at radius 2 is 1.38 bits per heavy atom. The average Bonchev–Trinajstić information content (AvgIpc) is 2.15. The zero-order valence-electron chi connectivity index (χ0n) is 11.4. The molecule has 0 aromatic heterocycles. The van der Waals surface area contributed by atoms with E-state index >= 15 is 0 Å². The lowest BCUT2D eigenvalue weighted by molar-refractivity contribution is 0.0359. The van der Waals surface area contributed by atoms with Crippen molar-refractivity contribution in [2.75, 3.05) is 13.1 Å². The van der Waals surface area contributed by atoms with Crippen molar-refractivity contribution in [3.05, 3.63) is 0 Å². The smallest absolute Gasteiger partial charge is 0.0169 e. The van der Waals surface area contributed by atoms with Crippen LogP contribution in [-0.4, -0.2) is 36.1 Å². The highest BCUT2D eigenvalue weighted by molar-refractivity contribution is 4.91. The molecule has 0 bridgehead atoms. The van der Waals surface area contributed by atoms with Crippen molar-refractivity contribution in [2.45, 2.75) is 65.1 Å². The Hall–Kier alpha value is -0.0800. The first-order valence-electron chi connectivity index (χ1n) is 7.08. The summed E-state index contributed by atoms with van der Waals surface area (Å²) in [6.07, 6.45) is 4.30.